The SMILES string of the molecule is C/C(CCC(=O)O)=C1/CCC2[C@@H]3C(N=O)C[C@]4(N)CCCC[C@]4(C)C3CC[C@]12C. The molecule has 0 radical (unpaired) electrons. The van der Waals surface area contributed by atoms with Crippen LogP contribution < -0.4 is 5.73 Å². The smallest absolute Gasteiger partial charge is 0.303 e. The Labute approximate surface area is 174 Å². The summed E-state index contributed by atoms with van der Waals surface area (Å²) >= 11 is 0. The second-order valence-electron chi connectivity index (χ2n) is 11.1. The maximum atomic E-state index is 12.0. The number of hydrogen-bond acceptors (Lipinski definition) is 4. The molecule has 0 aliphatic heterocycles. The first-order chi connectivity index (χ1) is 13.7. The van der Waals surface area contributed by atoms with E-state index in [1.165, 1.54) is 30.4 Å². The maximum absolute atomic E-state index is 12.0. The summed E-state index contributed by atoms with van der Waals surface area (Å²) in [6, 6.07) is -0.167. The topological polar surface area (TPSA) is 92.7 Å². The number of carbonyl (C=O) groups is 1. The molecule has 3 N–H and O–H groups in total. The van der Waals surface area contributed by atoms with E-state index in [1.807, 2.05) is 0 Å². The highest BCUT2D eigenvalue weighted by Gasteiger charge is 2.65. The Hall–Kier alpha value is -1.23. The van der Waals surface area contributed by atoms with E-state index in [-0.39, 0.29) is 28.8 Å². The minimum Gasteiger partial charge on any atom is -0.481 e. The van der Waals surface area contributed by atoms with Crippen molar-refractivity contribution in [2.24, 2.45) is 39.5 Å². The summed E-state index contributed by atoms with van der Waals surface area (Å²) in [5.74, 6) is 0.564. The minimum atomic E-state index is -0.727. The van der Waals surface area contributed by atoms with E-state index in [2.05, 4.69) is 25.9 Å². The number of nitroso groups, excluding NO2 is 1. The highest BCUT2D eigenvalue weighted by atomic mass is 16.4. The molecule has 0 aromatic carbocycles. The Morgan fingerprint density at radius 2 is 1.86 bits per heavy atom. The molecule has 0 aromatic heterocycles. The van der Waals surface area contributed by atoms with Crippen molar-refractivity contribution >= 4 is 5.97 Å². The number of carboxylic acid groups (broad SMARTS) is 1. The quantitative estimate of drug-likeness (QED) is 0.484. The van der Waals surface area contributed by atoms with Crippen molar-refractivity contribution in [2.45, 2.75) is 103 Å². The van der Waals surface area contributed by atoms with E-state index in [0.717, 1.165) is 38.5 Å². The monoisotopic (exact) mass is 402 g/mol. The van der Waals surface area contributed by atoms with Gasteiger partial charge < -0.3 is 10.8 Å². The number of allylic oxidation sites excluding steroid dienone is 2. The zero-order valence-corrected chi connectivity index (χ0v) is 18.4. The minimum absolute atomic E-state index is 0.0896. The lowest BCUT2D eigenvalue weighted by Crippen LogP contribution is -2.68. The van der Waals surface area contributed by atoms with Gasteiger partial charge in [0.1, 0.15) is 0 Å². The fourth-order valence-electron chi connectivity index (χ4n) is 8.41. The third-order valence-corrected chi connectivity index (χ3v) is 10.0. The van der Waals surface area contributed by atoms with Gasteiger partial charge in [0.25, 0.3) is 0 Å². The van der Waals surface area contributed by atoms with Crippen molar-refractivity contribution in [1.82, 2.24) is 0 Å². The third kappa shape index (κ3) is 3.02. The van der Waals surface area contributed by atoms with Gasteiger partial charge in [0.05, 0.1) is 6.04 Å². The molecule has 4 saturated carbocycles. The predicted octanol–water partition coefficient (Wildman–Crippen LogP) is 5.43. The summed E-state index contributed by atoms with van der Waals surface area (Å²) in [7, 11) is 0. The van der Waals surface area contributed by atoms with E-state index in [1.54, 1.807) is 0 Å². The standard InChI is InChI=1S/C24H38N2O3/c1-15(6-9-20(27)28)16-7-8-17-21-18(10-13-22(16,17)2)23(3)11-4-5-12-24(23,25)14-19(21)26-29/h17-19,21H,4-14,25H2,1-3H3,(H,27,28)/b16-15+/t17?,18?,19?,21-,22+,23+,24+/m0/s1. The Bertz CT molecular complexity index is 734. The van der Waals surface area contributed by atoms with Crippen LogP contribution in [0.3, 0.4) is 0 Å². The fraction of sp³-hybridized carbons (Fsp3) is 0.875. The van der Waals surface area contributed by atoms with E-state index in [0.29, 0.717) is 24.2 Å². The van der Waals surface area contributed by atoms with Gasteiger partial charge in [-0.3, -0.25) is 4.79 Å². The molecule has 4 aliphatic rings. The van der Waals surface area contributed by atoms with Gasteiger partial charge in [-0.1, -0.05) is 43.0 Å². The van der Waals surface area contributed by atoms with Gasteiger partial charge in [-0.2, -0.15) is 4.91 Å². The Morgan fingerprint density at radius 1 is 1.14 bits per heavy atom. The molecule has 5 nitrogen and oxygen atoms in total. The van der Waals surface area contributed by atoms with Crippen LogP contribution in [0.1, 0.15) is 91.4 Å². The van der Waals surface area contributed by atoms with Gasteiger partial charge in [-0.05, 0) is 86.9 Å². The number of fused-ring (bicyclic) bond motifs is 5. The highest BCUT2D eigenvalue weighted by Crippen LogP contribution is 2.68. The second kappa shape index (κ2) is 7.18. The van der Waals surface area contributed by atoms with E-state index >= 15 is 0 Å². The normalized spacial score (nSPS) is 48.3. The van der Waals surface area contributed by atoms with Crippen LogP contribution in [-0.4, -0.2) is 22.7 Å². The first kappa shape index (κ1) is 21.0. The molecule has 7 atom stereocenters. The van der Waals surface area contributed by atoms with Crippen molar-refractivity contribution in [3.63, 3.8) is 0 Å². The molecule has 0 aromatic rings. The van der Waals surface area contributed by atoms with Gasteiger partial charge in [0, 0.05) is 12.0 Å². The van der Waals surface area contributed by atoms with Crippen molar-refractivity contribution < 1.29 is 9.90 Å². The summed E-state index contributed by atoms with van der Waals surface area (Å²) < 4.78 is 0. The fourth-order valence-corrected chi connectivity index (χ4v) is 8.41. The van der Waals surface area contributed by atoms with Gasteiger partial charge >= 0.3 is 5.97 Å². The van der Waals surface area contributed by atoms with Gasteiger partial charge in [0.2, 0.25) is 0 Å². The number of rotatable bonds is 4. The summed E-state index contributed by atoms with van der Waals surface area (Å²) in [5, 5.41) is 12.8. The largest absolute Gasteiger partial charge is 0.481 e. The third-order valence-electron chi connectivity index (χ3n) is 10.0. The summed E-state index contributed by atoms with van der Waals surface area (Å²) in [6.07, 6.45) is 10.6. The lowest BCUT2D eigenvalue weighted by molar-refractivity contribution is -0.136. The molecule has 4 aliphatic carbocycles. The van der Waals surface area contributed by atoms with E-state index in [4.69, 9.17) is 10.8 Å². The van der Waals surface area contributed by atoms with E-state index in [9.17, 15) is 9.70 Å². The molecular weight excluding hydrogens is 364 g/mol. The van der Waals surface area contributed by atoms with Crippen molar-refractivity contribution in [2.75, 3.05) is 0 Å². The van der Waals surface area contributed by atoms with Crippen LogP contribution in [0.2, 0.25) is 0 Å². The molecule has 162 valence electrons. The van der Waals surface area contributed by atoms with Crippen molar-refractivity contribution in [3.05, 3.63) is 16.1 Å². The Kier molecular flexibility index (Phi) is 5.20. The molecule has 5 heteroatoms. The molecule has 0 saturated heterocycles. The molecule has 0 amide bonds. The number of carboxylic acids is 1. The van der Waals surface area contributed by atoms with Crippen molar-refractivity contribution in [3.8, 4) is 0 Å². The van der Waals surface area contributed by atoms with Gasteiger partial charge in [-0.25, -0.2) is 0 Å². The van der Waals surface area contributed by atoms with E-state index < -0.39 is 5.97 Å². The Morgan fingerprint density at radius 3 is 2.55 bits per heavy atom. The number of nitrogens with two attached hydrogens (primary N) is 1. The van der Waals surface area contributed by atoms with Crippen LogP contribution in [0.15, 0.2) is 16.3 Å². The zero-order valence-electron chi connectivity index (χ0n) is 18.4. The first-order valence-corrected chi connectivity index (χ1v) is 11.7. The van der Waals surface area contributed by atoms with Crippen molar-refractivity contribution in [1.29, 1.82) is 0 Å². The van der Waals surface area contributed by atoms with Crippen LogP contribution in [-0.2, 0) is 4.79 Å². The molecule has 0 bridgehead atoms. The number of hydrogen-bond donors (Lipinski definition) is 2. The summed E-state index contributed by atoms with van der Waals surface area (Å²) in [5.41, 5.74) is 9.72. The predicted molar refractivity (Wildman–Crippen MR) is 114 cm³/mol. The number of nitrogens with zero attached hydrogens (tertiary/aromatic N) is 1. The zero-order chi connectivity index (χ0) is 21.0. The average molecular weight is 403 g/mol. The summed E-state index contributed by atoms with van der Waals surface area (Å²) in [4.78, 5) is 23.1. The molecule has 3 unspecified atom stereocenters. The van der Waals surface area contributed by atoms with Crippen LogP contribution in [0.4, 0.5) is 0 Å². The molecule has 0 spiro atoms. The lowest BCUT2D eigenvalue weighted by atomic mass is 9.42. The average Bonchev–Trinajstić information content (AvgIpc) is 3.03. The molecular formula is C24H38N2O3. The Balaban J connectivity index is 1.68. The van der Waals surface area contributed by atoms with Crippen LogP contribution in [0.5, 0.6) is 0 Å². The van der Waals surface area contributed by atoms with Gasteiger partial charge in [-0.15, -0.1) is 0 Å². The first-order valence-electron chi connectivity index (χ1n) is 11.7. The second-order valence-corrected chi connectivity index (χ2v) is 11.1. The van der Waals surface area contributed by atoms with Crippen LogP contribution in [0, 0.1) is 33.5 Å². The maximum Gasteiger partial charge on any atom is 0.303 e. The van der Waals surface area contributed by atoms with Crippen LogP contribution >= 0.6 is 0 Å². The highest BCUT2D eigenvalue weighted by molar-refractivity contribution is 5.67. The molecule has 0 heterocycles. The summed E-state index contributed by atoms with van der Waals surface area (Å²) in [6.45, 7) is 6.93. The molecule has 4 fully saturated rings. The number of aliphatic carboxylic acids is 1. The van der Waals surface area contributed by atoms with Gasteiger partial charge in [0.15, 0.2) is 0 Å². The molecule has 29 heavy (non-hydrogen) atoms. The van der Waals surface area contributed by atoms with Crippen LogP contribution in [0.25, 0.3) is 0 Å². The lowest BCUT2D eigenvalue weighted by Gasteiger charge is -2.65. The molecule has 4 rings (SSSR count).